The number of hydrogen-bond acceptors (Lipinski definition) is 1. The van der Waals surface area contributed by atoms with Crippen molar-refractivity contribution in [2.24, 2.45) is 0 Å². The fourth-order valence-electron chi connectivity index (χ4n) is 0.759. The molecule has 0 aromatic rings. The van der Waals surface area contributed by atoms with E-state index in [1.165, 1.54) is 0 Å². The molecule has 0 aromatic carbocycles. The lowest BCUT2D eigenvalue weighted by molar-refractivity contribution is 0.324. The maximum absolute atomic E-state index is 5.44. The normalized spacial score (nSPS) is 10.9. The molecule has 0 fully saturated rings. The topological polar surface area (TPSA) is 9.23 Å². The molecule has 1 nitrogen and oxygen atoms in total. The van der Waals surface area contributed by atoms with Crippen molar-refractivity contribution in [3.63, 3.8) is 0 Å². The lowest BCUT2D eigenvalue weighted by Crippen LogP contribution is -1.84. The summed E-state index contributed by atoms with van der Waals surface area (Å²) in [5.74, 6) is 1.43. The Kier molecular flexibility index (Phi) is 20.5. The van der Waals surface area contributed by atoms with Gasteiger partial charge in [-0.15, -0.1) is 9.24 Å². The van der Waals surface area contributed by atoms with Crippen LogP contribution in [0.5, 0.6) is 0 Å². The van der Waals surface area contributed by atoms with Gasteiger partial charge in [0.2, 0.25) is 0 Å². The first-order valence-corrected chi connectivity index (χ1v) is 7.30. The Morgan fingerprint density at radius 1 is 0.895 bits per heavy atom. The van der Waals surface area contributed by atoms with E-state index in [0.717, 1.165) is 16.6 Å². The number of hydrogen-bond donors (Lipinski definition) is 0. The fraction of sp³-hybridized carbons (Fsp3) is 0.412. The van der Waals surface area contributed by atoms with Gasteiger partial charge >= 0.3 is 0 Å². The molecule has 0 N–H and O–H groups in total. The van der Waals surface area contributed by atoms with E-state index in [9.17, 15) is 0 Å². The van der Waals surface area contributed by atoms with E-state index in [-0.39, 0.29) is 0 Å². The first kappa shape index (κ1) is 23.1. The van der Waals surface area contributed by atoms with Crippen LogP contribution in [0.2, 0.25) is 0 Å². The van der Waals surface area contributed by atoms with Crippen LogP contribution in [0.4, 0.5) is 0 Å². The minimum absolute atomic E-state index is 0.613. The summed E-state index contributed by atoms with van der Waals surface area (Å²) in [6.45, 7) is 21.4. The zero-order valence-electron chi connectivity index (χ0n) is 13.7. The van der Waals surface area contributed by atoms with Gasteiger partial charge < -0.3 is 4.74 Å². The molecule has 0 bridgehead atoms. The van der Waals surface area contributed by atoms with E-state index in [1.807, 2.05) is 66.7 Å². The van der Waals surface area contributed by atoms with Crippen molar-refractivity contribution in [2.75, 3.05) is 0 Å². The van der Waals surface area contributed by atoms with E-state index in [2.05, 4.69) is 22.4 Å². The molecule has 2 heteroatoms. The maximum atomic E-state index is 5.44. The molecule has 19 heavy (non-hydrogen) atoms. The molecule has 0 aliphatic heterocycles. The van der Waals surface area contributed by atoms with E-state index in [4.69, 9.17) is 4.74 Å². The Hall–Kier alpha value is -1.07. The van der Waals surface area contributed by atoms with Gasteiger partial charge in [-0.25, -0.2) is 0 Å². The van der Waals surface area contributed by atoms with Crippen molar-refractivity contribution in [1.82, 2.24) is 0 Å². The summed E-state index contributed by atoms with van der Waals surface area (Å²) in [5.41, 5.74) is 0.974. The largest absolute Gasteiger partial charge is 0.463 e. The quantitative estimate of drug-likeness (QED) is 0.323. The Balaban J connectivity index is -0.000000579. The highest BCUT2D eigenvalue weighted by molar-refractivity contribution is 7.22. The number of allylic oxidation sites excluding steroid dienone is 7. The van der Waals surface area contributed by atoms with Crippen LogP contribution < -0.4 is 0 Å². The van der Waals surface area contributed by atoms with Crippen molar-refractivity contribution in [2.45, 2.75) is 48.5 Å². The highest BCUT2D eigenvalue weighted by Crippen LogP contribution is 2.09. The lowest BCUT2D eigenvalue weighted by atomic mass is 10.3. The minimum Gasteiger partial charge on any atom is -0.463 e. The van der Waals surface area contributed by atoms with Crippen LogP contribution in [-0.2, 0) is 4.74 Å². The molecule has 0 aliphatic carbocycles. The molecule has 0 saturated heterocycles. The zero-order chi connectivity index (χ0) is 15.8. The van der Waals surface area contributed by atoms with E-state index < -0.39 is 0 Å². The second-order valence-electron chi connectivity index (χ2n) is 3.44. The lowest BCUT2D eigenvalue weighted by Gasteiger charge is -2.04. The predicted molar refractivity (Wildman–Crippen MR) is 94.1 cm³/mol. The van der Waals surface area contributed by atoms with Gasteiger partial charge in [-0.2, -0.15) is 0 Å². The SMILES string of the molecule is C=C(C)/C=C\C(=C)O/C(C)=C/C=C(\C)P.CC.CC. The van der Waals surface area contributed by atoms with Crippen molar-refractivity contribution in [3.8, 4) is 0 Å². The van der Waals surface area contributed by atoms with Gasteiger partial charge in [0.1, 0.15) is 11.5 Å². The van der Waals surface area contributed by atoms with E-state index in [1.54, 1.807) is 6.08 Å². The Labute approximate surface area is 123 Å². The molecule has 0 saturated carbocycles. The summed E-state index contributed by atoms with van der Waals surface area (Å²) in [5, 5.41) is 1.15. The molecule has 110 valence electrons. The van der Waals surface area contributed by atoms with Crippen LogP contribution in [0, 0.1) is 0 Å². The van der Waals surface area contributed by atoms with Crippen molar-refractivity contribution < 1.29 is 4.74 Å². The minimum atomic E-state index is 0.613. The monoisotopic (exact) mass is 282 g/mol. The summed E-state index contributed by atoms with van der Waals surface area (Å²) in [7, 11) is 2.61. The van der Waals surface area contributed by atoms with Gasteiger partial charge in [0.05, 0.1) is 0 Å². The first-order chi connectivity index (χ1) is 8.91. The fourth-order valence-corrected chi connectivity index (χ4v) is 0.855. The van der Waals surface area contributed by atoms with Crippen LogP contribution in [-0.4, -0.2) is 0 Å². The van der Waals surface area contributed by atoms with E-state index >= 15 is 0 Å². The third-order valence-corrected chi connectivity index (χ3v) is 1.62. The van der Waals surface area contributed by atoms with Crippen LogP contribution in [0.1, 0.15) is 48.5 Å². The Morgan fingerprint density at radius 3 is 1.74 bits per heavy atom. The molecule has 1 unspecified atom stereocenters. The van der Waals surface area contributed by atoms with Gasteiger partial charge in [-0.1, -0.05) is 63.9 Å². The smallest absolute Gasteiger partial charge is 0.119 e. The molecular formula is C17H31OP. The van der Waals surface area contributed by atoms with Gasteiger partial charge in [0.15, 0.2) is 0 Å². The molecule has 0 amide bonds. The predicted octanol–water partition coefficient (Wildman–Crippen LogP) is 6.38. The van der Waals surface area contributed by atoms with Crippen LogP contribution in [0.3, 0.4) is 0 Å². The second kappa shape index (κ2) is 16.9. The van der Waals surface area contributed by atoms with Crippen LogP contribution >= 0.6 is 9.24 Å². The summed E-state index contributed by atoms with van der Waals surface area (Å²) >= 11 is 0. The van der Waals surface area contributed by atoms with Crippen LogP contribution in [0.15, 0.2) is 59.9 Å². The molecule has 0 aromatic heterocycles. The average molecular weight is 282 g/mol. The number of ether oxygens (including phenoxy) is 1. The molecule has 0 radical (unpaired) electrons. The van der Waals surface area contributed by atoms with Gasteiger partial charge in [-0.05, 0) is 32.9 Å². The molecular weight excluding hydrogens is 251 g/mol. The molecule has 0 heterocycles. The van der Waals surface area contributed by atoms with E-state index in [0.29, 0.717) is 5.76 Å². The third-order valence-electron chi connectivity index (χ3n) is 1.43. The van der Waals surface area contributed by atoms with Crippen LogP contribution in [0.25, 0.3) is 0 Å². The highest BCUT2D eigenvalue weighted by atomic mass is 31.0. The highest BCUT2D eigenvalue weighted by Gasteiger charge is 1.90. The summed E-state index contributed by atoms with van der Waals surface area (Å²) in [6, 6.07) is 0. The van der Waals surface area contributed by atoms with Gasteiger partial charge in [0, 0.05) is 0 Å². The number of rotatable bonds is 5. The Bertz CT molecular complexity index is 329. The van der Waals surface area contributed by atoms with Crippen molar-refractivity contribution >= 4 is 9.24 Å². The third kappa shape index (κ3) is 22.6. The first-order valence-electron chi connectivity index (χ1n) is 6.73. The van der Waals surface area contributed by atoms with Gasteiger partial charge in [-0.3, -0.25) is 0 Å². The summed E-state index contributed by atoms with van der Waals surface area (Å²) in [6.07, 6.45) is 7.54. The summed E-state index contributed by atoms with van der Waals surface area (Å²) < 4.78 is 5.44. The maximum Gasteiger partial charge on any atom is 0.119 e. The molecule has 0 aliphatic rings. The standard InChI is InChI=1S/C13H19OP.2C2H6/c1-10(2)6-7-11(3)14-12(4)8-9-13(5)15;2*1-2/h6-9H,1,3,15H2,2,4-5H3;2*1-2H3/b7-6-,12-8+,13-9+;;. The van der Waals surface area contributed by atoms with Gasteiger partial charge in [0.25, 0.3) is 0 Å². The zero-order valence-corrected chi connectivity index (χ0v) is 14.9. The van der Waals surface area contributed by atoms with Crippen molar-refractivity contribution in [1.29, 1.82) is 0 Å². The second-order valence-corrected chi connectivity index (χ2v) is 4.35. The molecule has 1 atom stereocenters. The Morgan fingerprint density at radius 2 is 1.37 bits per heavy atom. The molecule has 0 spiro atoms. The molecule has 0 rings (SSSR count). The summed E-state index contributed by atoms with van der Waals surface area (Å²) in [4.78, 5) is 0. The average Bonchev–Trinajstić information content (AvgIpc) is 2.38. The van der Waals surface area contributed by atoms with Crippen molar-refractivity contribution in [3.05, 3.63) is 59.9 Å².